The van der Waals surface area contributed by atoms with Gasteiger partial charge in [0.05, 0.1) is 11.8 Å². The van der Waals surface area contributed by atoms with Gasteiger partial charge in [0.1, 0.15) is 24.2 Å². The number of carboxylic acid groups (broad SMARTS) is 1. The summed E-state index contributed by atoms with van der Waals surface area (Å²) in [6.07, 6.45) is 6.10. The van der Waals surface area contributed by atoms with Crippen molar-refractivity contribution < 1.29 is 29.0 Å². The minimum absolute atomic E-state index is 0.0217. The van der Waals surface area contributed by atoms with Crippen LogP contribution < -0.4 is 14.8 Å². The highest BCUT2D eigenvalue weighted by Crippen LogP contribution is 2.39. The van der Waals surface area contributed by atoms with E-state index < -0.39 is 11.9 Å². The number of nitrogens with zero attached hydrogens (tertiary/aromatic N) is 1. The first-order valence-electron chi connectivity index (χ1n) is 18.6. The summed E-state index contributed by atoms with van der Waals surface area (Å²) in [4.78, 5) is 39.9. The number of likely N-dealkylation sites (tertiary alicyclic amines) is 1. The standard InChI is InChI=1S/C44H50N2O6/c1-29-10-16-34(17-11-29)43(48)46-24-22-37(23-25-46)52-36-20-14-32(15-21-36)28-51-41-27-33(7-4-6-31(3)44(49)50)26-40-38(41)8-5-9-39(40)42(47)45-35-18-12-30(2)13-19-35/h10-21,26-27,31,37,39H,4-9,22-25,28H2,1-3H3,(H,45,47)(H,49,50). The SMILES string of the molecule is Cc1ccc(NC(=O)C2CCCc3c(OCc4ccc(OC5CCN(C(=O)c6ccc(C)cc6)CC5)cc4)cc(CCCC(C)C(=O)O)cc32)cc1. The number of aryl methyl sites for hydroxylation is 3. The maximum absolute atomic E-state index is 13.6. The summed E-state index contributed by atoms with van der Waals surface area (Å²) < 4.78 is 12.8. The molecule has 2 amide bonds. The van der Waals surface area contributed by atoms with Gasteiger partial charge in [0.2, 0.25) is 5.91 Å². The molecule has 8 heteroatoms. The summed E-state index contributed by atoms with van der Waals surface area (Å²) in [7, 11) is 0. The summed E-state index contributed by atoms with van der Waals surface area (Å²) >= 11 is 0. The van der Waals surface area contributed by atoms with Gasteiger partial charge in [-0.1, -0.05) is 60.5 Å². The van der Waals surface area contributed by atoms with Crippen molar-refractivity contribution in [2.75, 3.05) is 18.4 Å². The molecule has 1 fully saturated rings. The molecular formula is C44H50N2O6. The number of piperidine rings is 1. The molecule has 52 heavy (non-hydrogen) atoms. The van der Waals surface area contributed by atoms with Crippen LogP contribution in [0.3, 0.4) is 0 Å². The van der Waals surface area contributed by atoms with E-state index in [-0.39, 0.29) is 23.8 Å². The highest BCUT2D eigenvalue weighted by Gasteiger charge is 2.30. The second kappa shape index (κ2) is 16.9. The molecule has 4 aromatic carbocycles. The van der Waals surface area contributed by atoms with E-state index in [1.165, 1.54) is 0 Å². The number of nitrogens with one attached hydrogen (secondary N) is 1. The fourth-order valence-electron chi connectivity index (χ4n) is 7.16. The minimum atomic E-state index is -0.783. The van der Waals surface area contributed by atoms with Crippen molar-refractivity contribution in [2.45, 2.75) is 90.8 Å². The molecule has 0 radical (unpaired) electrons. The predicted octanol–water partition coefficient (Wildman–Crippen LogP) is 8.67. The van der Waals surface area contributed by atoms with Crippen LogP contribution in [0.4, 0.5) is 5.69 Å². The van der Waals surface area contributed by atoms with Gasteiger partial charge in [-0.2, -0.15) is 0 Å². The number of benzene rings is 4. The summed E-state index contributed by atoms with van der Waals surface area (Å²) in [5.41, 5.74) is 7.92. The van der Waals surface area contributed by atoms with Crippen LogP contribution >= 0.6 is 0 Å². The van der Waals surface area contributed by atoms with Gasteiger partial charge in [0.15, 0.2) is 0 Å². The third-order valence-electron chi connectivity index (χ3n) is 10.4. The zero-order chi connectivity index (χ0) is 36.6. The van der Waals surface area contributed by atoms with Crippen molar-refractivity contribution >= 4 is 23.5 Å². The van der Waals surface area contributed by atoms with Crippen LogP contribution in [0.5, 0.6) is 11.5 Å². The monoisotopic (exact) mass is 702 g/mol. The van der Waals surface area contributed by atoms with E-state index in [4.69, 9.17) is 9.47 Å². The molecule has 272 valence electrons. The van der Waals surface area contributed by atoms with Gasteiger partial charge in [-0.15, -0.1) is 0 Å². The van der Waals surface area contributed by atoms with Gasteiger partial charge in [0.25, 0.3) is 5.91 Å². The van der Waals surface area contributed by atoms with Gasteiger partial charge < -0.3 is 24.8 Å². The highest BCUT2D eigenvalue weighted by molar-refractivity contribution is 5.96. The van der Waals surface area contributed by atoms with Gasteiger partial charge >= 0.3 is 5.97 Å². The number of rotatable bonds is 13. The van der Waals surface area contributed by atoms with E-state index in [2.05, 4.69) is 17.4 Å². The molecule has 2 atom stereocenters. The van der Waals surface area contributed by atoms with Crippen molar-refractivity contribution in [3.05, 3.63) is 124 Å². The molecule has 2 N–H and O–H groups in total. The number of hydrogen-bond donors (Lipinski definition) is 2. The van der Waals surface area contributed by atoms with Crippen LogP contribution in [-0.2, 0) is 29.0 Å². The maximum atomic E-state index is 13.6. The fraction of sp³-hybridized carbons (Fsp3) is 0.386. The summed E-state index contributed by atoms with van der Waals surface area (Å²) in [5, 5.41) is 12.5. The second-order valence-electron chi connectivity index (χ2n) is 14.5. The van der Waals surface area contributed by atoms with Crippen molar-refractivity contribution in [1.82, 2.24) is 4.90 Å². The highest BCUT2D eigenvalue weighted by atomic mass is 16.5. The van der Waals surface area contributed by atoms with Gasteiger partial charge in [-0.25, -0.2) is 0 Å². The Labute approximate surface area is 307 Å². The van der Waals surface area contributed by atoms with Crippen molar-refractivity contribution in [3.8, 4) is 11.5 Å². The quantitative estimate of drug-likeness (QED) is 0.145. The lowest BCUT2D eigenvalue weighted by atomic mass is 9.80. The number of carboxylic acids is 1. The molecule has 6 rings (SSSR count). The lowest BCUT2D eigenvalue weighted by Crippen LogP contribution is -2.41. The fourth-order valence-corrected chi connectivity index (χ4v) is 7.16. The Bertz CT molecular complexity index is 1840. The molecule has 1 aliphatic heterocycles. The van der Waals surface area contributed by atoms with E-state index >= 15 is 0 Å². The smallest absolute Gasteiger partial charge is 0.306 e. The normalized spacial score (nSPS) is 16.4. The van der Waals surface area contributed by atoms with Crippen LogP contribution in [0.1, 0.15) is 95.1 Å². The molecule has 2 aliphatic rings. The number of carbonyl (C=O) groups is 3. The molecule has 0 saturated carbocycles. The Kier molecular flexibility index (Phi) is 11.9. The third-order valence-corrected chi connectivity index (χ3v) is 10.4. The number of aliphatic carboxylic acids is 1. The van der Waals surface area contributed by atoms with E-state index in [9.17, 15) is 19.5 Å². The van der Waals surface area contributed by atoms with E-state index in [0.717, 1.165) is 94.7 Å². The first-order valence-corrected chi connectivity index (χ1v) is 18.6. The van der Waals surface area contributed by atoms with Gasteiger partial charge in [-0.3, -0.25) is 14.4 Å². The van der Waals surface area contributed by atoms with Crippen molar-refractivity contribution in [2.24, 2.45) is 5.92 Å². The van der Waals surface area contributed by atoms with Crippen LogP contribution in [0.2, 0.25) is 0 Å². The third kappa shape index (κ3) is 9.40. The Hall–Kier alpha value is -5.11. The van der Waals surface area contributed by atoms with Crippen molar-refractivity contribution in [1.29, 1.82) is 0 Å². The summed E-state index contributed by atoms with van der Waals surface area (Å²) in [6.45, 7) is 7.48. The van der Waals surface area contributed by atoms with E-state index in [1.54, 1.807) is 6.92 Å². The second-order valence-corrected chi connectivity index (χ2v) is 14.5. The first kappa shape index (κ1) is 36.7. The van der Waals surface area contributed by atoms with Crippen molar-refractivity contribution in [3.63, 3.8) is 0 Å². The molecule has 1 aliphatic carbocycles. The topological polar surface area (TPSA) is 105 Å². The lowest BCUT2D eigenvalue weighted by molar-refractivity contribution is -0.141. The summed E-state index contributed by atoms with van der Waals surface area (Å²) in [6, 6.07) is 27.8. The number of fused-ring (bicyclic) bond motifs is 1. The number of amides is 2. The molecule has 2 unspecified atom stereocenters. The van der Waals surface area contributed by atoms with Gasteiger partial charge in [-0.05, 0) is 117 Å². The van der Waals surface area contributed by atoms with Crippen LogP contribution in [-0.4, -0.2) is 47.0 Å². The average Bonchev–Trinajstić information content (AvgIpc) is 3.15. The zero-order valence-corrected chi connectivity index (χ0v) is 30.5. The van der Waals surface area contributed by atoms with Crippen LogP contribution in [0.25, 0.3) is 0 Å². The molecular weight excluding hydrogens is 652 g/mol. The van der Waals surface area contributed by atoms with Gasteiger partial charge in [0, 0.05) is 37.2 Å². The largest absolute Gasteiger partial charge is 0.490 e. The Morgan fingerprint density at radius 1 is 0.865 bits per heavy atom. The molecule has 0 aromatic heterocycles. The molecule has 1 saturated heterocycles. The minimum Gasteiger partial charge on any atom is -0.490 e. The number of anilines is 1. The number of ether oxygens (including phenoxy) is 2. The number of carbonyl (C=O) groups excluding carboxylic acids is 2. The van der Waals surface area contributed by atoms with E-state index in [0.29, 0.717) is 32.5 Å². The van der Waals surface area contributed by atoms with Crippen LogP contribution in [0, 0.1) is 19.8 Å². The van der Waals surface area contributed by atoms with E-state index in [1.807, 2.05) is 91.5 Å². The lowest BCUT2D eigenvalue weighted by Gasteiger charge is -2.32. The number of hydrogen-bond acceptors (Lipinski definition) is 5. The first-order chi connectivity index (χ1) is 25.1. The molecule has 0 spiro atoms. The predicted molar refractivity (Wildman–Crippen MR) is 203 cm³/mol. The Morgan fingerprint density at radius 2 is 1.54 bits per heavy atom. The molecule has 1 heterocycles. The summed E-state index contributed by atoms with van der Waals surface area (Å²) in [5.74, 6) is 0.150. The molecule has 8 nitrogen and oxygen atoms in total. The average molecular weight is 703 g/mol. The zero-order valence-electron chi connectivity index (χ0n) is 30.5. The van der Waals surface area contributed by atoms with Crippen LogP contribution in [0.15, 0.2) is 84.9 Å². The maximum Gasteiger partial charge on any atom is 0.306 e. The Balaban J connectivity index is 1.10. The Morgan fingerprint density at radius 3 is 2.21 bits per heavy atom. The molecule has 0 bridgehead atoms. The molecule has 4 aromatic rings.